The fraction of sp³-hybridized carbons (Fsp3) is 0.467. The van der Waals surface area contributed by atoms with Gasteiger partial charge in [-0.25, -0.2) is 0 Å². The van der Waals surface area contributed by atoms with Crippen LogP contribution in [0.3, 0.4) is 0 Å². The van der Waals surface area contributed by atoms with Crippen LogP contribution in [0.2, 0.25) is 0 Å². The Morgan fingerprint density at radius 2 is 2.10 bits per heavy atom. The van der Waals surface area contributed by atoms with Crippen LogP contribution in [-0.2, 0) is 16.0 Å². The first kappa shape index (κ1) is 15.9. The highest BCUT2D eigenvalue weighted by Gasteiger charge is 2.31. The molecule has 2 atom stereocenters. The Bertz CT molecular complexity index is 495. The van der Waals surface area contributed by atoms with Crippen LogP contribution in [0.15, 0.2) is 30.3 Å². The van der Waals surface area contributed by atoms with Gasteiger partial charge in [0, 0.05) is 18.1 Å². The first-order valence-electron chi connectivity index (χ1n) is 6.97. The SMILES string of the molecule is NC(Cc1ccccc1)C(=O)N1CCSCC1CC(=O)O. The Morgan fingerprint density at radius 1 is 1.38 bits per heavy atom. The summed E-state index contributed by atoms with van der Waals surface area (Å²) in [7, 11) is 0. The van der Waals surface area contributed by atoms with Crippen molar-refractivity contribution >= 4 is 23.6 Å². The monoisotopic (exact) mass is 308 g/mol. The predicted molar refractivity (Wildman–Crippen MR) is 83.2 cm³/mol. The lowest BCUT2D eigenvalue weighted by Gasteiger charge is -2.36. The largest absolute Gasteiger partial charge is 0.481 e. The second-order valence-corrected chi connectivity index (χ2v) is 6.30. The molecule has 1 heterocycles. The molecule has 6 heteroatoms. The van der Waals surface area contributed by atoms with Gasteiger partial charge in [-0.2, -0.15) is 11.8 Å². The van der Waals surface area contributed by atoms with E-state index in [9.17, 15) is 9.59 Å². The molecule has 1 saturated heterocycles. The fourth-order valence-electron chi connectivity index (χ4n) is 2.48. The molecule has 1 aliphatic rings. The molecule has 2 unspecified atom stereocenters. The third-order valence-corrected chi connectivity index (χ3v) is 4.63. The molecule has 0 bridgehead atoms. The predicted octanol–water partition coefficient (Wildman–Crippen LogP) is 0.975. The van der Waals surface area contributed by atoms with Gasteiger partial charge in [-0.15, -0.1) is 0 Å². The molecule has 0 radical (unpaired) electrons. The highest BCUT2D eigenvalue weighted by molar-refractivity contribution is 7.99. The summed E-state index contributed by atoms with van der Waals surface area (Å²) in [5, 5.41) is 8.96. The third kappa shape index (κ3) is 4.47. The Balaban J connectivity index is 2.00. The van der Waals surface area contributed by atoms with Gasteiger partial charge in [-0.1, -0.05) is 30.3 Å². The van der Waals surface area contributed by atoms with E-state index in [1.165, 1.54) is 0 Å². The molecule has 1 amide bonds. The fourth-order valence-corrected chi connectivity index (χ4v) is 3.55. The summed E-state index contributed by atoms with van der Waals surface area (Å²) >= 11 is 1.68. The van der Waals surface area contributed by atoms with Crippen LogP contribution in [0.1, 0.15) is 12.0 Å². The number of nitrogens with zero attached hydrogens (tertiary/aromatic N) is 1. The van der Waals surface area contributed by atoms with Crippen molar-refractivity contribution in [1.82, 2.24) is 4.90 Å². The van der Waals surface area contributed by atoms with E-state index in [1.54, 1.807) is 16.7 Å². The Hall–Kier alpha value is -1.53. The van der Waals surface area contributed by atoms with Gasteiger partial charge in [-0.3, -0.25) is 9.59 Å². The summed E-state index contributed by atoms with van der Waals surface area (Å²) < 4.78 is 0. The molecule has 2 rings (SSSR count). The van der Waals surface area contributed by atoms with Crippen molar-refractivity contribution in [1.29, 1.82) is 0 Å². The molecule has 0 saturated carbocycles. The first-order chi connectivity index (χ1) is 10.1. The number of carbonyl (C=O) groups excluding carboxylic acids is 1. The number of hydrogen-bond donors (Lipinski definition) is 2. The molecule has 21 heavy (non-hydrogen) atoms. The number of hydrogen-bond acceptors (Lipinski definition) is 4. The van der Waals surface area contributed by atoms with E-state index in [0.717, 1.165) is 11.3 Å². The second kappa shape index (κ2) is 7.47. The van der Waals surface area contributed by atoms with Gasteiger partial charge in [-0.05, 0) is 12.0 Å². The van der Waals surface area contributed by atoms with Gasteiger partial charge in [0.25, 0.3) is 0 Å². The van der Waals surface area contributed by atoms with Crippen molar-refractivity contribution in [2.24, 2.45) is 5.73 Å². The number of aliphatic carboxylic acids is 1. The zero-order valence-corrected chi connectivity index (χ0v) is 12.6. The van der Waals surface area contributed by atoms with Crippen LogP contribution in [0.5, 0.6) is 0 Å². The minimum absolute atomic E-state index is 0.0171. The van der Waals surface area contributed by atoms with Crippen molar-refractivity contribution in [3.8, 4) is 0 Å². The molecule has 1 fully saturated rings. The van der Waals surface area contributed by atoms with Crippen molar-refractivity contribution in [3.05, 3.63) is 35.9 Å². The van der Waals surface area contributed by atoms with Crippen LogP contribution < -0.4 is 5.73 Å². The second-order valence-electron chi connectivity index (χ2n) is 5.15. The molecular weight excluding hydrogens is 288 g/mol. The number of thioether (sulfide) groups is 1. The van der Waals surface area contributed by atoms with Crippen LogP contribution >= 0.6 is 11.8 Å². The van der Waals surface area contributed by atoms with E-state index < -0.39 is 12.0 Å². The topological polar surface area (TPSA) is 83.6 Å². The van der Waals surface area contributed by atoms with Crippen LogP contribution in [0, 0.1) is 0 Å². The smallest absolute Gasteiger partial charge is 0.305 e. The van der Waals surface area contributed by atoms with Crippen LogP contribution in [0.4, 0.5) is 0 Å². The highest BCUT2D eigenvalue weighted by Crippen LogP contribution is 2.20. The molecular formula is C15H20N2O3S. The standard InChI is InChI=1S/C15H20N2O3S/c16-13(8-11-4-2-1-3-5-11)15(20)17-6-7-21-10-12(17)9-14(18)19/h1-5,12-13H,6-10,16H2,(H,18,19). The van der Waals surface area contributed by atoms with Crippen molar-refractivity contribution in [2.75, 3.05) is 18.1 Å². The maximum atomic E-state index is 12.5. The number of amides is 1. The minimum Gasteiger partial charge on any atom is -0.481 e. The highest BCUT2D eigenvalue weighted by atomic mass is 32.2. The van der Waals surface area contributed by atoms with Crippen molar-refractivity contribution in [3.63, 3.8) is 0 Å². The number of carbonyl (C=O) groups is 2. The zero-order chi connectivity index (χ0) is 15.2. The molecule has 5 nitrogen and oxygen atoms in total. The third-order valence-electron chi connectivity index (χ3n) is 3.54. The van der Waals surface area contributed by atoms with E-state index in [4.69, 9.17) is 10.8 Å². The van der Waals surface area contributed by atoms with E-state index in [0.29, 0.717) is 18.7 Å². The number of benzene rings is 1. The van der Waals surface area contributed by atoms with Crippen LogP contribution in [-0.4, -0.2) is 52.0 Å². The molecule has 0 spiro atoms. The van der Waals surface area contributed by atoms with Gasteiger partial charge < -0.3 is 15.7 Å². The lowest BCUT2D eigenvalue weighted by molar-refractivity contribution is -0.140. The maximum absolute atomic E-state index is 12.5. The van der Waals surface area contributed by atoms with E-state index in [-0.39, 0.29) is 18.4 Å². The van der Waals surface area contributed by atoms with Gasteiger partial charge in [0.05, 0.1) is 18.5 Å². The van der Waals surface area contributed by atoms with Crippen LogP contribution in [0.25, 0.3) is 0 Å². The minimum atomic E-state index is -0.878. The van der Waals surface area contributed by atoms with E-state index in [2.05, 4.69) is 0 Å². The molecule has 1 aliphatic heterocycles. The van der Waals surface area contributed by atoms with E-state index in [1.807, 2.05) is 30.3 Å². The Labute approximate surface area is 128 Å². The van der Waals surface area contributed by atoms with Gasteiger partial charge >= 0.3 is 5.97 Å². The van der Waals surface area contributed by atoms with Gasteiger partial charge in [0.15, 0.2) is 0 Å². The van der Waals surface area contributed by atoms with Gasteiger partial charge in [0.1, 0.15) is 0 Å². The summed E-state index contributed by atoms with van der Waals surface area (Å²) in [5.74, 6) is 0.470. The lowest BCUT2D eigenvalue weighted by atomic mass is 10.0. The van der Waals surface area contributed by atoms with Crippen molar-refractivity contribution < 1.29 is 14.7 Å². The normalized spacial score (nSPS) is 20.0. The van der Waals surface area contributed by atoms with E-state index >= 15 is 0 Å². The number of carboxylic acids is 1. The quantitative estimate of drug-likeness (QED) is 0.847. The summed E-state index contributed by atoms with van der Waals surface area (Å²) in [4.78, 5) is 25.1. The average molecular weight is 308 g/mol. The average Bonchev–Trinajstić information content (AvgIpc) is 2.47. The first-order valence-corrected chi connectivity index (χ1v) is 8.13. The summed E-state index contributed by atoms with van der Waals surface area (Å²) in [5.41, 5.74) is 7.04. The molecule has 1 aromatic carbocycles. The molecule has 0 aliphatic carbocycles. The molecule has 0 aromatic heterocycles. The maximum Gasteiger partial charge on any atom is 0.305 e. The number of nitrogens with two attached hydrogens (primary N) is 1. The van der Waals surface area contributed by atoms with Gasteiger partial charge in [0.2, 0.25) is 5.91 Å². The Kier molecular flexibility index (Phi) is 5.64. The Morgan fingerprint density at radius 3 is 2.76 bits per heavy atom. The summed E-state index contributed by atoms with van der Waals surface area (Å²) in [6.07, 6.45) is 0.458. The molecule has 114 valence electrons. The zero-order valence-electron chi connectivity index (χ0n) is 11.8. The van der Waals surface area contributed by atoms with Crippen molar-refractivity contribution in [2.45, 2.75) is 24.9 Å². The molecule has 3 N–H and O–H groups in total. The number of rotatable bonds is 5. The molecule has 1 aromatic rings. The summed E-state index contributed by atoms with van der Waals surface area (Å²) in [6.45, 7) is 0.573. The summed E-state index contributed by atoms with van der Waals surface area (Å²) in [6, 6.07) is 8.75. The lowest BCUT2D eigenvalue weighted by Crippen LogP contribution is -2.53. The number of carboxylic acid groups (broad SMARTS) is 1.